The Hall–Kier alpha value is -1.85. The van der Waals surface area contributed by atoms with E-state index in [0.29, 0.717) is 12.3 Å². The van der Waals surface area contributed by atoms with E-state index in [0.717, 1.165) is 11.1 Å². The van der Waals surface area contributed by atoms with E-state index in [1.54, 1.807) is 38.4 Å². The zero-order valence-corrected chi connectivity index (χ0v) is 13.2. The van der Waals surface area contributed by atoms with Gasteiger partial charge in [0.15, 0.2) is 0 Å². The van der Waals surface area contributed by atoms with Crippen LogP contribution in [0.4, 0.5) is 0 Å². The summed E-state index contributed by atoms with van der Waals surface area (Å²) < 4.78 is 31.4. The quantitative estimate of drug-likeness (QED) is 0.853. The number of rotatable bonds is 5. The molecule has 5 heteroatoms. The first-order valence-electron chi connectivity index (χ1n) is 6.59. The summed E-state index contributed by atoms with van der Waals surface area (Å²) >= 11 is 0. The van der Waals surface area contributed by atoms with Crippen LogP contribution in [-0.4, -0.2) is 26.9 Å². The van der Waals surface area contributed by atoms with Crippen molar-refractivity contribution >= 4 is 10.0 Å². The molecule has 4 nitrogen and oxygen atoms in total. The third-order valence-corrected chi connectivity index (χ3v) is 5.11. The van der Waals surface area contributed by atoms with Gasteiger partial charge in [0, 0.05) is 13.6 Å². The third kappa shape index (κ3) is 3.62. The van der Waals surface area contributed by atoms with E-state index in [4.69, 9.17) is 4.74 Å². The molecule has 0 bridgehead atoms. The SMILES string of the molecule is COc1ccc(S(=O)(=O)N(C)Cc2ccc(C)cc2)cc1. The van der Waals surface area contributed by atoms with Gasteiger partial charge in [0.25, 0.3) is 0 Å². The molecule has 0 aromatic heterocycles. The number of aryl methyl sites for hydroxylation is 1. The maximum absolute atomic E-state index is 12.5. The van der Waals surface area contributed by atoms with Crippen molar-refractivity contribution in [2.45, 2.75) is 18.4 Å². The van der Waals surface area contributed by atoms with Crippen LogP contribution < -0.4 is 4.74 Å². The maximum Gasteiger partial charge on any atom is 0.243 e. The Bertz CT molecular complexity index is 691. The average molecular weight is 305 g/mol. The molecule has 0 amide bonds. The molecule has 0 radical (unpaired) electrons. The molecule has 2 aromatic rings. The largest absolute Gasteiger partial charge is 0.497 e. The van der Waals surface area contributed by atoms with Gasteiger partial charge >= 0.3 is 0 Å². The third-order valence-electron chi connectivity index (χ3n) is 3.29. The van der Waals surface area contributed by atoms with Gasteiger partial charge in [0.05, 0.1) is 12.0 Å². The van der Waals surface area contributed by atoms with E-state index in [1.807, 2.05) is 31.2 Å². The van der Waals surface area contributed by atoms with Crippen molar-refractivity contribution in [2.24, 2.45) is 0 Å². The molecule has 0 saturated heterocycles. The van der Waals surface area contributed by atoms with Crippen LogP contribution in [0.15, 0.2) is 53.4 Å². The lowest BCUT2D eigenvalue weighted by Crippen LogP contribution is -2.26. The van der Waals surface area contributed by atoms with E-state index in [9.17, 15) is 8.42 Å². The normalized spacial score (nSPS) is 11.6. The summed E-state index contributed by atoms with van der Waals surface area (Å²) in [5.74, 6) is 0.634. The lowest BCUT2D eigenvalue weighted by Gasteiger charge is -2.17. The average Bonchev–Trinajstić information content (AvgIpc) is 2.49. The Kier molecular flexibility index (Phi) is 4.65. The van der Waals surface area contributed by atoms with Crippen molar-refractivity contribution in [1.29, 1.82) is 0 Å². The molecular formula is C16H19NO3S. The smallest absolute Gasteiger partial charge is 0.243 e. The summed E-state index contributed by atoms with van der Waals surface area (Å²) in [4.78, 5) is 0.262. The summed E-state index contributed by atoms with van der Waals surface area (Å²) in [5, 5.41) is 0. The fourth-order valence-electron chi connectivity index (χ4n) is 1.96. The van der Waals surface area contributed by atoms with Gasteiger partial charge in [-0.25, -0.2) is 8.42 Å². The minimum absolute atomic E-state index is 0.262. The number of ether oxygens (including phenoxy) is 1. The number of hydrogen-bond acceptors (Lipinski definition) is 3. The minimum Gasteiger partial charge on any atom is -0.497 e. The molecule has 2 rings (SSSR count). The summed E-state index contributed by atoms with van der Waals surface area (Å²) in [6.07, 6.45) is 0. The Labute approximate surface area is 126 Å². The number of nitrogens with zero attached hydrogens (tertiary/aromatic N) is 1. The van der Waals surface area contributed by atoms with Crippen LogP contribution in [0.25, 0.3) is 0 Å². The number of methoxy groups -OCH3 is 1. The van der Waals surface area contributed by atoms with Crippen molar-refractivity contribution in [2.75, 3.05) is 14.2 Å². The van der Waals surface area contributed by atoms with Gasteiger partial charge in [0.1, 0.15) is 5.75 Å². The first-order chi connectivity index (χ1) is 9.93. The van der Waals surface area contributed by atoms with Gasteiger partial charge in [-0.15, -0.1) is 0 Å². The van der Waals surface area contributed by atoms with E-state index in [-0.39, 0.29) is 4.90 Å². The molecule has 0 aliphatic carbocycles. The van der Waals surface area contributed by atoms with E-state index < -0.39 is 10.0 Å². The van der Waals surface area contributed by atoms with E-state index >= 15 is 0 Å². The lowest BCUT2D eigenvalue weighted by molar-refractivity contribution is 0.414. The highest BCUT2D eigenvalue weighted by Crippen LogP contribution is 2.20. The predicted octanol–water partition coefficient (Wildman–Crippen LogP) is 2.82. The fraction of sp³-hybridized carbons (Fsp3) is 0.250. The molecule has 0 N–H and O–H groups in total. The van der Waals surface area contributed by atoms with Crippen LogP contribution in [0.1, 0.15) is 11.1 Å². The molecule has 0 aliphatic rings. The van der Waals surface area contributed by atoms with Crippen molar-refractivity contribution in [1.82, 2.24) is 4.31 Å². The number of benzene rings is 2. The summed E-state index contributed by atoms with van der Waals surface area (Å²) in [7, 11) is -0.363. The van der Waals surface area contributed by atoms with Crippen LogP contribution in [-0.2, 0) is 16.6 Å². The second kappa shape index (κ2) is 6.28. The molecule has 0 spiro atoms. The molecule has 0 atom stereocenters. The van der Waals surface area contributed by atoms with Gasteiger partial charge in [-0.05, 0) is 36.8 Å². The zero-order chi connectivity index (χ0) is 15.5. The van der Waals surface area contributed by atoms with Crippen molar-refractivity contribution in [3.63, 3.8) is 0 Å². The molecule has 0 unspecified atom stereocenters. The molecule has 0 saturated carbocycles. The molecule has 112 valence electrons. The molecule has 2 aromatic carbocycles. The zero-order valence-electron chi connectivity index (χ0n) is 12.4. The number of hydrogen-bond donors (Lipinski definition) is 0. The summed E-state index contributed by atoms with van der Waals surface area (Å²) in [6.45, 7) is 2.34. The highest BCUT2D eigenvalue weighted by Gasteiger charge is 2.20. The molecular weight excluding hydrogens is 286 g/mol. The van der Waals surface area contributed by atoms with Crippen LogP contribution in [0.5, 0.6) is 5.75 Å². The Morgan fingerprint density at radius 1 is 1.00 bits per heavy atom. The van der Waals surface area contributed by atoms with Gasteiger partial charge in [-0.1, -0.05) is 29.8 Å². The second-order valence-electron chi connectivity index (χ2n) is 4.92. The van der Waals surface area contributed by atoms with Crippen molar-refractivity contribution in [3.8, 4) is 5.75 Å². The highest BCUT2D eigenvalue weighted by atomic mass is 32.2. The van der Waals surface area contributed by atoms with Gasteiger partial charge < -0.3 is 4.74 Å². The minimum atomic E-state index is -3.49. The Morgan fingerprint density at radius 3 is 2.10 bits per heavy atom. The van der Waals surface area contributed by atoms with Crippen LogP contribution in [0, 0.1) is 6.92 Å². The predicted molar refractivity (Wildman–Crippen MR) is 82.8 cm³/mol. The number of sulfonamides is 1. The Balaban J connectivity index is 2.19. The van der Waals surface area contributed by atoms with Crippen LogP contribution >= 0.6 is 0 Å². The molecule has 0 heterocycles. The Morgan fingerprint density at radius 2 is 1.57 bits per heavy atom. The van der Waals surface area contributed by atoms with Crippen molar-refractivity contribution in [3.05, 3.63) is 59.7 Å². The topological polar surface area (TPSA) is 46.6 Å². The van der Waals surface area contributed by atoms with Crippen molar-refractivity contribution < 1.29 is 13.2 Å². The maximum atomic E-state index is 12.5. The van der Waals surface area contributed by atoms with Gasteiger partial charge in [-0.3, -0.25) is 0 Å². The van der Waals surface area contributed by atoms with Crippen LogP contribution in [0.3, 0.4) is 0 Å². The monoisotopic (exact) mass is 305 g/mol. The summed E-state index contributed by atoms with van der Waals surface area (Å²) in [5.41, 5.74) is 2.11. The van der Waals surface area contributed by atoms with Gasteiger partial charge in [0.2, 0.25) is 10.0 Å². The van der Waals surface area contributed by atoms with E-state index in [2.05, 4.69) is 0 Å². The molecule has 0 aliphatic heterocycles. The molecule has 21 heavy (non-hydrogen) atoms. The first kappa shape index (κ1) is 15.5. The van der Waals surface area contributed by atoms with Gasteiger partial charge in [-0.2, -0.15) is 4.31 Å². The standard InChI is InChI=1S/C16H19NO3S/c1-13-4-6-14(7-5-13)12-17(2)21(18,19)16-10-8-15(20-3)9-11-16/h4-11H,12H2,1-3H3. The van der Waals surface area contributed by atoms with Crippen LogP contribution in [0.2, 0.25) is 0 Å². The highest BCUT2D eigenvalue weighted by molar-refractivity contribution is 7.89. The second-order valence-corrected chi connectivity index (χ2v) is 6.97. The molecule has 0 fully saturated rings. The van der Waals surface area contributed by atoms with E-state index in [1.165, 1.54) is 4.31 Å². The fourth-order valence-corrected chi connectivity index (χ4v) is 3.12. The summed E-state index contributed by atoms with van der Waals surface area (Å²) in [6, 6.07) is 14.2. The first-order valence-corrected chi connectivity index (χ1v) is 8.03. The lowest BCUT2D eigenvalue weighted by atomic mass is 10.1.